The lowest BCUT2D eigenvalue weighted by molar-refractivity contribution is -0.118. The van der Waals surface area contributed by atoms with Gasteiger partial charge in [0.2, 0.25) is 0 Å². The van der Waals surface area contributed by atoms with Crippen LogP contribution in [0.15, 0.2) is 45.1 Å². The molecule has 3 aromatic rings. The Morgan fingerprint density at radius 3 is 2.35 bits per heavy atom. The summed E-state index contributed by atoms with van der Waals surface area (Å²) in [5.74, 6) is 0.658. The molecule has 0 aliphatic heterocycles. The average Bonchev–Trinajstić information content (AvgIpc) is 3.24. The molecule has 2 aromatic carbocycles. The molecule has 0 aliphatic rings. The quantitative estimate of drug-likeness (QED) is 0.182. The number of hydrogen-bond donors (Lipinski definition) is 2. The van der Waals surface area contributed by atoms with Gasteiger partial charge in [0.1, 0.15) is 11.5 Å². The van der Waals surface area contributed by atoms with Crippen LogP contribution < -0.4 is 10.2 Å². The molecule has 0 atom stereocenters. The molecule has 0 saturated heterocycles. The Morgan fingerprint density at radius 2 is 1.76 bits per heavy atom. The molecule has 0 aliphatic carbocycles. The second kappa shape index (κ2) is 11.8. The molecule has 2 N–H and O–H groups in total. The summed E-state index contributed by atoms with van der Waals surface area (Å²) in [6.45, 7) is 12.2. The van der Waals surface area contributed by atoms with Crippen LogP contribution in [-0.4, -0.2) is 33.2 Å². The number of halogens is 2. The largest absolute Gasteiger partial charge is 0.507 e. The van der Waals surface area contributed by atoms with Crippen molar-refractivity contribution in [3.63, 3.8) is 0 Å². The fraction of sp³-hybridized carbons (Fsp3) is 0.385. The normalized spacial score (nSPS) is 12.2. The number of amides is 1. The standard InChI is InChI=1S/C26H30Cl2N4O4S/c1-25(2,3)17-9-15(10-18(23(17)34)26(4,5)6)12-29-30-21(33)14-37-24-32-31-22(36-24)13-35-20-8-7-16(27)11-19(20)28/h7-12,34H,13-14H2,1-6H3,(H,30,33)/b29-12-. The lowest BCUT2D eigenvalue weighted by Gasteiger charge is -2.27. The maximum absolute atomic E-state index is 12.3. The van der Waals surface area contributed by atoms with Crippen molar-refractivity contribution in [2.75, 3.05) is 5.75 Å². The number of rotatable bonds is 8. The van der Waals surface area contributed by atoms with Gasteiger partial charge in [-0.2, -0.15) is 5.10 Å². The van der Waals surface area contributed by atoms with Gasteiger partial charge in [-0.3, -0.25) is 4.79 Å². The molecule has 0 unspecified atom stereocenters. The lowest BCUT2D eigenvalue weighted by Crippen LogP contribution is -2.20. The van der Waals surface area contributed by atoms with Gasteiger partial charge in [0, 0.05) is 16.1 Å². The molecule has 0 spiro atoms. The highest BCUT2D eigenvalue weighted by Crippen LogP contribution is 2.39. The van der Waals surface area contributed by atoms with Crippen LogP contribution in [0.25, 0.3) is 0 Å². The second-order valence-electron chi connectivity index (χ2n) is 10.4. The molecule has 0 bridgehead atoms. The van der Waals surface area contributed by atoms with Gasteiger partial charge in [0.15, 0.2) is 6.61 Å². The SMILES string of the molecule is CC(C)(C)c1cc(/C=N\NC(=O)CSc2nnc(COc3ccc(Cl)cc3Cl)o2)cc(C(C)(C)C)c1O. The van der Waals surface area contributed by atoms with Gasteiger partial charge in [-0.05, 0) is 46.7 Å². The van der Waals surface area contributed by atoms with Gasteiger partial charge in [0.05, 0.1) is 17.0 Å². The molecule has 0 fully saturated rings. The van der Waals surface area contributed by atoms with E-state index >= 15 is 0 Å². The number of nitrogens with one attached hydrogen (secondary N) is 1. The summed E-state index contributed by atoms with van der Waals surface area (Å²) in [5, 5.41) is 23.8. The highest BCUT2D eigenvalue weighted by atomic mass is 35.5. The fourth-order valence-electron chi connectivity index (χ4n) is 3.30. The molecule has 11 heteroatoms. The number of thioether (sulfide) groups is 1. The predicted octanol–water partition coefficient (Wildman–Crippen LogP) is 6.50. The molecule has 0 saturated carbocycles. The lowest BCUT2D eigenvalue weighted by atomic mass is 9.78. The smallest absolute Gasteiger partial charge is 0.277 e. The summed E-state index contributed by atoms with van der Waals surface area (Å²) in [6.07, 6.45) is 1.57. The van der Waals surface area contributed by atoms with Crippen molar-refractivity contribution in [1.82, 2.24) is 15.6 Å². The zero-order chi connectivity index (χ0) is 27.4. The van der Waals surface area contributed by atoms with Crippen molar-refractivity contribution in [2.24, 2.45) is 5.10 Å². The Kier molecular flexibility index (Phi) is 9.15. The van der Waals surface area contributed by atoms with E-state index in [0.29, 0.717) is 15.8 Å². The number of ether oxygens (including phenoxy) is 1. The van der Waals surface area contributed by atoms with Gasteiger partial charge in [-0.15, -0.1) is 10.2 Å². The van der Waals surface area contributed by atoms with Crippen LogP contribution in [0, 0.1) is 0 Å². The monoisotopic (exact) mass is 564 g/mol. The van der Waals surface area contributed by atoms with E-state index < -0.39 is 0 Å². The number of phenols is 1. The number of aromatic nitrogens is 2. The number of benzene rings is 2. The number of carbonyl (C=O) groups is 1. The summed E-state index contributed by atoms with van der Waals surface area (Å²) < 4.78 is 11.1. The number of carbonyl (C=O) groups excluding carboxylic acids is 1. The zero-order valence-corrected chi connectivity index (χ0v) is 23.9. The average molecular weight is 566 g/mol. The van der Waals surface area contributed by atoms with E-state index in [4.69, 9.17) is 32.4 Å². The highest BCUT2D eigenvalue weighted by molar-refractivity contribution is 7.99. The number of phenolic OH excluding ortho intramolecular Hbond substituents is 1. The molecule has 1 amide bonds. The third-order valence-corrected chi connectivity index (χ3v) is 6.52. The van der Waals surface area contributed by atoms with Crippen LogP contribution in [0.4, 0.5) is 0 Å². The summed E-state index contributed by atoms with van der Waals surface area (Å²) in [5.41, 5.74) is 4.40. The molecule has 0 radical (unpaired) electrons. The van der Waals surface area contributed by atoms with E-state index in [1.165, 1.54) is 0 Å². The Labute approximate surface area is 230 Å². The van der Waals surface area contributed by atoms with Crippen LogP contribution in [0.2, 0.25) is 10.0 Å². The molecular weight excluding hydrogens is 535 g/mol. The molecule has 3 rings (SSSR count). The van der Waals surface area contributed by atoms with Gasteiger partial charge < -0.3 is 14.3 Å². The van der Waals surface area contributed by atoms with Crippen LogP contribution in [-0.2, 0) is 22.2 Å². The maximum Gasteiger partial charge on any atom is 0.277 e. The first-order valence-electron chi connectivity index (χ1n) is 11.5. The maximum atomic E-state index is 12.3. The fourth-order valence-corrected chi connectivity index (χ4v) is 4.34. The first-order valence-corrected chi connectivity index (χ1v) is 13.2. The van der Waals surface area contributed by atoms with Crippen LogP contribution >= 0.6 is 35.0 Å². The molecule has 1 aromatic heterocycles. The predicted molar refractivity (Wildman–Crippen MR) is 147 cm³/mol. The van der Waals surface area contributed by atoms with Gasteiger partial charge in [-0.25, -0.2) is 5.43 Å². The van der Waals surface area contributed by atoms with E-state index in [0.717, 1.165) is 28.5 Å². The number of nitrogens with zero attached hydrogens (tertiary/aromatic N) is 3. The van der Waals surface area contributed by atoms with Gasteiger partial charge in [-0.1, -0.05) is 76.5 Å². The minimum atomic E-state index is -0.337. The van der Waals surface area contributed by atoms with Crippen molar-refractivity contribution in [3.8, 4) is 11.5 Å². The van der Waals surface area contributed by atoms with E-state index in [1.54, 1.807) is 24.4 Å². The van der Waals surface area contributed by atoms with Crippen molar-refractivity contribution < 1.29 is 19.1 Å². The Bertz CT molecular complexity index is 1260. The number of hydrogen-bond acceptors (Lipinski definition) is 8. The van der Waals surface area contributed by atoms with Crippen LogP contribution in [0.3, 0.4) is 0 Å². The van der Waals surface area contributed by atoms with Crippen molar-refractivity contribution in [2.45, 2.75) is 64.2 Å². The summed E-state index contributed by atoms with van der Waals surface area (Å²) >= 11 is 13.0. The Hall–Kier alpha value is -2.75. The first-order chi connectivity index (χ1) is 17.2. The minimum Gasteiger partial charge on any atom is -0.507 e. The van der Waals surface area contributed by atoms with E-state index in [-0.39, 0.29) is 46.0 Å². The van der Waals surface area contributed by atoms with Crippen LogP contribution in [0.5, 0.6) is 11.5 Å². The Morgan fingerprint density at radius 1 is 1.11 bits per heavy atom. The van der Waals surface area contributed by atoms with E-state index in [2.05, 4.69) is 20.7 Å². The van der Waals surface area contributed by atoms with E-state index in [9.17, 15) is 9.90 Å². The molecule has 37 heavy (non-hydrogen) atoms. The second-order valence-corrected chi connectivity index (χ2v) is 12.1. The van der Waals surface area contributed by atoms with Gasteiger partial charge >= 0.3 is 0 Å². The highest BCUT2D eigenvalue weighted by Gasteiger charge is 2.26. The molecule has 1 heterocycles. The third kappa shape index (κ3) is 8.12. The van der Waals surface area contributed by atoms with Crippen molar-refractivity contribution >= 4 is 47.1 Å². The summed E-state index contributed by atoms with van der Waals surface area (Å²) in [4.78, 5) is 12.3. The number of aromatic hydroxyl groups is 1. The summed E-state index contributed by atoms with van der Waals surface area (Å²) in [7, 11) is 0. The molecule has 8 nitrogen and oxygen atoms in total. The van der Waals surface area contributed by atoms with Crippen molar-refractivity contribution in [3.05, 3.63) is 63.0 Å². The minimum absolute atomic E-state index is 0.0190. The molecular formula is C26H30Cl2N4O4S. The van der Waals surface area contributed by atoms with E-state index in [1.807, 2.05) is 53.7 Å². The first kappa shape index (κ1) is 28.8. The number of hydrazone groups is 1. The Balaban J connectivity index is 1.56. The van der Waals surface area contributed by atoms with Crippen LogP contribution in [0.1, 0.15) is 64.1 Å². The van der Waals surface area contributed by atoms with Gasteiger partial charge in [0.25, 0.3) is 17.0 Å². The van der Waals surface area contributed by atoms with Crippen molar-refractivity contribution in [1.29, 1.82) is 0 Å². The zero-order valence-electron chi connectivity index (χ0n) is 21.6. The topological polar surface area (TPSA) is 110 Å². The molecule has 198 valence electrons. The summed E-state index contributed by atoms with van der Waals surface area (Å²) in [6, 6.07) is 8.65. The third-order valence-electron chi connectivity index (χ3n) is 5.17.